The van der Waals surface area contributed by atoms with E-state index in [4.69, 9.17) is 9.47 Å². The average molecular weight is 438 g/mol. The fourth-order valence-electron chi connectivity index (χ4n) is 3.50. The standard InChI is InChI=1S/C24H26N2O6/c1-2-31-24(30)26-14-12-18(13-15-26)25-21(27)16-32-23(29)20-11-7-6-10-19(20)22(28)17-8-4-3-5-9-17/h3-11,18H,2,12-16H2,1H3,(H,25,27). The molecule has 8 nitrogen and oxygen atoms in total. The van der Waals surface area contributed by atoms with Crippen molar-refractivity contribution in [1.82, 2.24) is 10.2 Å². The summed E-state index contributed by atoms with van der Waals surface area (Å²) in [5.74, 6) is -1.46. The van der Waals surface area contributed by atoms with Crippen molar-refractivity contribution in [3.05, 3.63) is 71.3 Å². The molecular weight excluding hydrogens is 412 g/mol. The molecule has 0 aromatic heterocycles. The second-order valence-corrected chi connectivity index (χ2v) is 7.34. The number of carbonyl (C=O) groups excluding carboxylic acids is 4. The maximum Gasteiger partial charge on any atom is 0.409 e. The highest BCUT2D eigenvalue weighted by Crippen LogP contribution is 2.16. The molecule has 1 saturated heterocycles. The zero-order valence-corrected chi connectivity index (χ0v) is 17.9. The zero-order valence-electron chi connectivity index (χ0n) is 17.9. The van der Waals surface area contributed by atoms with Gasteiger partial charge in [-0.05, 0) is 25.8 Å². The molecule has 2 aromatic carbocycles. The summed E-state index contributed by atoms with van der Waals surface area (Å²) in [6.07, 6.45) is 0.828. The number of piperidine rings is 1. The Bertz CT molecular complexity index is 967. The SMILES string of the molecule is CCOC(=O)N1CCC(NC(=O)COC(=O)c2ccccc2C(=O)c2ccccc2)CC1. The predicted molar refractivity (Wildman–Crippen MR) is 116 cm³/mol. The molecule has 2 aromatic rings. The van der Waals surface area contributed by atoms with Crippen molar-refractivity contribution in [1.29, 1.82) is 0 Å². The highest BCUT2D eigenvalue weighted by atomic mass is 16.6. The van der Waals surface area contributed by atoms with Gasteiger partial charge in [-0.2, -0.15) is 0 Å². The van der Waals surface area contributed by atoms with Crippen LogP contribution in [0.2, 0.25) is 0 Å². The largest absolute Gasteiger partial charge is 0.452 e. The van der Waals surface area contributed by atoms with Gasteiger partial charge in [-0.15, -0.1) is 0 Å². The zero-order chi connectivity index (χ0) is 22.9. The number of benzene rings is 2. The van der Waals surface area contributed by atoms with E-state index >= 15 is 0 Å². The Hall–Kier alpha value is -3.68. The molecule has 2 amide bonds. The van der Waals surface area contributed by atoms with Crippen molar-refractivity contribution >= 4 is 23.8 Å². The van der Waals surface area contributed by atoms with Gasteiger partial charge in [0.1, 0.15) is 0 Å². The average Bonchev–Trinajstić information content (AvgIpc) is 2.83. The maximum atomic E-state index is 12.8. The lowest BCUT2D eigenvalue weighted by atomic mass is 9.98. The van der Waals surface area contributed by atoms with Gasteiger partial charge in [0.15, 0.2) is 12.4 Å². The summed E-state index contributed by atoms with van der Waals surface area (Å²) in [4.78, 5) is 50.9. The van der Waals surface area contributed by atoms with Gasteiger partial charge in [0.25, 0.3) is 5.91 Å². The van der Waals surface area contributed by atoms with Crippen molar-refractivity contribution in [2.75, 3.05) is 26.3 Å². The van der Waals surface area contributed by atoms with Crippen LogP contribution in [0.4, 0.5) is 4.79 Å². The van der Waals surface area contributed by atoms with Crippen LogP contribution in [0, 0.1) is 0 Å². The van der Waals surface area contributed by atoms with Crippen LogP contribution in [-0.2, 0) is 14.3 Å². The smallest absolute Gasteiger partial charge is 0.409 e. The number of nitrogens with zero attached hydrogens (tertiary/aromatic N) is 1. The highest BCUT2D eigenvalue weighted by Gasteiger charge is 2.25. The molecule has 32 heavy (non-hydrogen) atoms. The molecular formula is C24H26N2O6. The van der Waals surface area contributed by atoms with Crippen molar-refractivity contribution in [2.24, 2.45) is 0 Å². The predicted octanol–water partition coefficient (Wildman–Crippen LogP) is 2.81. The first kappa shape index (κ1) is 23.0. The lowest BCUT2D eigenvalue weighted by Crippen LogP contribution is -2.47. The Kier molecular flexibility index (Phi) is 7.96. The van der Waals surface area contributed by atoms with Gasteiger partial charge in [0, 0.05) is 30.3 Å². The number of esters is 1. The minimum Gasteiger partial charge on any atom is -0.452 e. The number of hydrogen-bond acceptors (Lipinski definition) is 6. The molecule has 0 atom stereocenters. The number of ether oxygens (including phenoxy) is 2. The van der Waals surface area contributed by atoms with Crippen LogP contribution in [-0.4, -0.2) is 61.0 Å². The quantitative estimate of drug-likeness (QED) is 0.527. The number of ketones is 1. The van der Waals surface area contributed by atoms with Gasteiger partial charge in [-0.3, -0.25) is 9.59 Å². The van der Waals surface area contributed by atoms with E-state index in [1.165, 1.54) is 6.07 Å². The Labute approximate surface area is 186 Å². The van der Waals surface area contributed by atoms with Crippen LogP contribution >= 0.6 is 0 Å². The topological polar surface area (TPSA) is 102 Å². The van der Waals surface area contributed by atoms with Crippen molar-refractivity contribution in [3.63, 3.8) is 0 Å². The lowest BCUT2D eigenvalue weighted by Gasteiger charge is -2.31. The van der Waals surface area contributed by atoms with Gasteiger partial charge >= 0.3 is 12.1 Å². The van der Waals surface area contributed by atoms with Crippen molar-refractivity contribution in [3.8, 4) is 0 Å². The maximum absolute atomic E-state index is 12.8. The van der Waals surface area contributed by atoms with E-state index in [1.807, 2.05) is 0 Å². The van der Waals surface area contributed by atoms with Gasteiger partial charge in [-0.1, -0.05) is 48.5 Å². The van der Waals surface area contributed by atoms with E-state index in [2.05, 4.69) is 5.32 Å². The molecule has 0 bridgehead atoms. The third kappa shape index (κ3) is 5.94. The molecule has 0 saturated carbocycles. The second kappa shape index (κ2) is 11.1. The molecule has 1 aliphatic rings. The number of nitrogens with one attached hydrogen (secondary N) is 1. The molecule has 0 radical (unpaired) electrons. The first-order valence-electron chi connectivity index (χ1n) is 10.6. The van der Waals surface area contributed by atoms with Crippen molar-refractivity contribution in [2.45, 2.75) is 25.8 Å². The molecule has 1 N–H and O–H groups in total. The summed E-state index contributed by atoms with van der Waals surface area (Å²) in [5, 5.41) is 2.82. The summed E-state index contributed by atoms with van der Waals surface area (Å²) < 4.78 is 10.1. The molecule has 0 unspecified atom stereocenters. The second-order valence-electron chi connectivity index (χ2n) is 7.34. The Balaban J connectivity index is 1.52. The number of hydrogen-bond donors (Lipinski definition) is 1. The first-order chi connectivity index (χ1) is 15.5. The lowest BCUT2D eigenvalue weighted by molar-refractivity contribution is -0.125. The summed E-state index contributed by atoms with van der Waals surface area (Å²) in [7, 11) is 0. The minimum atomic E-state index is -0.739. The van der Waals surface area contributed by atoms with Crippen LogP contribution in [0.25, 0.3) is 0 Å². The molecule has 0 spiro atoms. The molecule has 3 rings (SSSR count). The normalized spacial score (nSPS) is 13.8. The number of carbonyl (C=O) groups is 4. The molecule has 8 heteroatoms. The Morgan fingerprint density at radius 2 is 1.53 bits per heavy atom. The molecule has 1 heterocycles. The fourth-order valence-corrected chi connectivity index (χ4v) is 3.50. The number of rotatable bonds is 7. The summed E-state index contributed by atoms with van der Waals surface area (Å²) in [5.41, 5.74) is 0.784. The van der Waals surface area contributed by atoms with Gasteiger partial charge in [0.2, 0.25) is 0 Å². The third-order valence-corrected chi connectivity index (χ3v) is 5.15. The van der Waals surface area contributed by atoms with Gasteiger partial charge in [0.05, 0.1) is 12.2 Å². The summed E-state index contributed by atoms with van der Waals surface area (Å²) >= 11 is 0. The van der Waals surface area contributed by atoms with Crippen molar-refractivity contribution < 1.29 is 28.7 Å². The van der Waals surface area contributed by atoms with Crippen LogP contribution in [0.1, 0.15) is 46.0 Å². The summed E-state index contributed by atoms with van der Waals surface area (Å²) in [6.45, 7) is 2.59. The van der Waals surface area contributed by atoms with E-state index in [1.54, 1.807) is 60.4 Å². The Morgan fingerprint density at radius 1 is 0.906 bits per heavy atom. The minimum absolute atomic E-state index is 0.108. The van der Waals surface area contributed by atoms with Gasteiger partial charge < -0.3 is 19.7 Å². The molecule has 168 valence electrons. The van der Waals surface area contributed by atoms with Crippen LogP contribution < -0.4 is 5.32 Å². The fraction of sp³-hybridized carbons (Fsp3) is 0.333. The van der Waals surface area contributed by atoms with Crippen LogP contribution in [0.3, 0.4) is 0 Å². The van der Waals surface area contributed by atoms with Crippen LogP contribution in [0.5, 0.6) is 0 Å². The first-order valence-corrected chi connectivity index (χ1v) is 10.6. The number of likely N-dealkylation sites (tertiary alicyclic amines) is 1. The highest BCUT2D eigenvalue weighted by molar-refractivity contribution is 6.14. The van der Waals surface area contributed by atoms with E-state index in [-0.39, 0.29) is 29.0 Å². The van der Waals surface area contributed by atoms with E-state index < -0.39 is 18.5 Å². The molecule has 1 aliphatic heterocycles. The van der Waals surface area contributed by atoms with E-state index in [9.17, 15) is 19.2 Å². The molecule has 0 aliphatic carbocycles. The monoisotopic (exact) mass is 438 g/mol. The van der Waals surface area contributed by atoms with E-state index in [0.717, 1.165) is 0 Å². The van der Waals surface area contributed by atoms with Crippen LogP contribution in [0.15, 0.2) is 54.6 Å². The Morgan fingerprint density at radius 3 is 2.19 bits per heavy atom. The third-order valence-electron chi connectivity index (χ3n) is 5.15. The number of amides is 2. The van der Waals surface area contributed by atoms with E-state index in [0.29, 0.717) is 38.1 Å². The summed E-state index contributed by atoms with van der Waals surface area (Å²) in [6, 6.07) is 14.9. The van der Waals surface area contributed by atoms with Gasteiger partial charge in [-0.25, -0.2) is 9.59 Å². The molecule has 1 fully saturated rings.